The van der Waals surface area contributed by atoms with Crippen LogP contribution in [0.15, 0.2) is 60.7 Å². The van der Waals surface area contributed by atoms with Crippen LogP contribution in [0, 0.1) is 5.41 Å². The smallest absolute Gasteiger partial charge is 0.260 e. The van der Waals surface area contributed by atoms with Gasteiger partial charge in [-0.1, -0.05) is 69.3 Å². The molecule has 0 aliphatic carbocycles. The van der Waals surface area contributed by atoms with Crippen LogP contribution in [-0.2, 0) is 11.3 Å². The van der Waals surface area contributed by atoms with Gasteiger partial charge in [-0.3, -0.25) is 14.5 Å². The van der Waals surface area contributed by atoms with Crippen LogP contribution in [0.3, 0.4) is 0 Å². The Morgan fingerprint density at radius 2 is 1.36 bits per heavy atom. The summed E-state index contributed by atoms with van der Waals surface area (Å²) in [6.45, 7) is 5.76. The normalized spacial score (nSPS) is 11.0. The zero-order chi connectivity index (χ0) is 16.2. The van der Waals surface area contributed by atoms with Gasteiger partial charge in [0.2, 0.25) is 5.91 Å². The van der Waals surface area contributed by atoms with Crippen molar-refractivity contribution in [3.63, 3.8) is 0 Å². The van der Waals surface area contributed by atoms with Crippen LogP contribution in [0.5, 0.6) is 0 Å². The fourth-order valence-electron chi connectivity index (χ4n) is 2.14. The largest absolute Gasteiger partial charge is 0.274 e. The van der Waals surface area contributed by atoms with Gasteiger partial charge in [0, 0.05) is 11.0 Å². The van der Waals surface area contributed by atoms with E-state index in [-0.39, 0.29) is 18.4 Å². The molecule has 0 aliphatic heterocycles. The molecular weight excluding hydrogens is 274 g/mol. The monoisotopic (exact) mass is 295 g/mol. The topological polar surface area (TPSA) is 37.4 Å². The fraction of sp³-hybridized carbons (Fsp3) is 0.263. The predicted molar refractivity (Wildman–Crippen MR) is 87.2 cm³/mol. The van der Waals surface area contributed by atoms with Gasteiger partial charge in [-0.05, 0) is 17.7 Å². The first-order valence-electron chi connectivity index (χ1n) is 7.35. The van der Waals surface area contributed by atoms with Crippen molar-refractivity contribution >= 4 is 11.8 Å². The van der Waals surface area contributed by atoms with Crippen LogP contribution in [0.2, 0.25) is 0 Å². The molecule has 114 valence electrons. The van der Waals surface area contributed by atoms with E-state index >= 15 is 0 Å². The Hall–Kier alpha value is -2.42. The number of imide groups is 1. The molecule has 0 atom stereocenters. The Kier molecular flexibility index (Phi) is 4.76. The quantitative estimate of drug-likeness (QED) is 0.861. The van der Waals surface area contributed by atoms with Crippen molar-refractivity contribution < 1.29 is 9.59 Å². The van der Waals surface area contributed by atoms with E-state index in [0.29, 0.717) is 5.56 Å². The summed E-state index contributed by atoms with van der Waals surface area (Å²) in [4.78, 5) is 26.8. The van der Waals surface area contributed by atoms with Crippen molar-refractivity contribution in [1.82, 2.24) is 4.90 Å². The Labute approximate surface area is 131 Å². The Balaban J connectivity index is 2.33. The van der Waals surface area contributed by atoms with Crippen molar-refractivity contribution in [2.24, 2.45) is 5.41 Å². The van der Waals surface area contributed by atoms with Crippen molar-refractivity contribution in [2.75, 3.05) is 0 Å². The molecule has 2 aromatic carbocycles. The lowest BCUT2D eigenvalue weighted by Crippen LogP contribution is -2.43. The lowest BCUT2D eigenvalue weighted by Gasteiger charge is -2.28. The predicted octanol–water partition coefficient (Wildman–Crippen LogP) is 3.90. The Morgan fingerprint density at radius 1 is 0.864 bits per heavy atom. The number of amides is 2. The first-order chi connectivity index (χ1) is 10.4. The van der Waals surface area contributed by atoms with Crippen LogP contribution in [0.1, 0.15) is 36.7 Å². The summed E-state index contributed by atoms with van der Waals surface area (Å²) in [5.74, 6) is -0.436. The highest BCUT2D eigenvalue weighted by Crippen LogP contribution is 2.21. The van der Waals surface area contributed by atoms with Gasteiger partial charge >= 0.3 is 0 Å². The second-order valence-corrected chi connectivity index (χ2v) is 6.30. The van der Waals surface area contributed by atoms with Gasteiger partial charge in [-0.25, -0.2) is 0 Å². The lowest BCUT2D eigenvalue weighted by molar-refractivity contribution is -0.137. The molecule has 3 nitrogen and oxygen atoms in total. The van der Waals surface area contributed by atoms with Crippen LogP contribution in [-0.4, -0.2) is 16.7 Å². The highest BCUT2D eigenvalue weighted by Gasteiger charge is 2.31. The zero-order valence-electron chi connectivity index (χ0n) is 13.2. The molecule has 3 heteroatoms. The summed E-state index contributed by atoms with van der Waals surface area (Å²) in [5, 5.41) is 0. The van der Waals surface area contributed by atoms with E-state index in [1.807, 2.05) is 57.2 Å². The minimum Gasteiger partial charge on any atom is -0.274 e. The third-order valence-corrected chi connectivity index (χ3v) is 3.34. The first kappa shape index (κ1) is 16.0. The van der Waals surface area contributed by atoms with Crippen LogP contribution >= 0.6 is 0 Å². The second-order valence-electron chi connectivity index (χ2n) is 6.30. The van der Waals surface area contributed by atoms with Gasteiger partial charge in [0.25, 0.3) is 5.91 Å². The molecule has 0 heterocycles. The molecule has 22 heavy (non-hydrogen) atoms. The number of nitrogens with zero attached hydrogens (tertiary/aromatic N) is 1. The zero-order valence-corrected chi connectivity index (χ0v) is 13.2. The number of hydrogen-bond acceptors (Lipinski definition) is 2. The Morgan fingerprint density at radius 3 is 1.86 bits per heavy atom. The molecule has 2 amide bonds. The van der Waals surface area contributed by atoms with Gasteiger partial charge in [-0.2, -0.15) is 0 Å². The molecule has 0 N–H and O–H groups in total. The number of carbonyl (C=O) groups excluding carboxylic acids is 2. The average molecular weight is 295 g/mol. The summed E-state index contributed by atoms with van der Waals surface area (Å²) in [6.07, 6.45) is 0. The van der Waals surface area contributed by atoms with Gasteiger partial charge < -0.3 is 0 Å². The molecule has 0 aliphatic rings. The van der Waals surface area contributed by atoms with Crippen LogP contribution < -0.4 is 0 Å². The summed E-state index contributed by atoms with van der Waals surface area (Å²) in [7, 11) is 0. The number of hydrogen-bond donors (Lipinski definition) is 0. The lowest BCUT2D eigenvalue weighted by atomic mass is 9.94. The molecule has 2 aromatic rings. The third-order valence-electron chi connectivity index (χ3n) is 3.34. The van der Waals surface area contributed by atoms with Crippen molar-refractivity contribution in [3.8, 4) is 0 Å². The second kappa shape index (κ2) is 6.56. The summed E-state index contributed by atoms with van der Waals surface area (Å²) >= 11 is 0. The molecule has 0 aromatic heterocycles. The standard InChI is InChI=1S/C19H21NO2/c1-19(2,3)18(22)20(14-15-10-6-4-7-11-15)17(21)16-12-8-5-9-13-16/h4-13H,14H2,1-3H3. The molecule has 0 radical (unpaired) electrons. The molecule has 2 rings (SSSR count). The average Bonchev–Trinajstić information content (AvgIpc) is 2.52. The van der Waals surface area contributed by atoms with Crippen molar-refractivity contribution in [3.05, 3.63) is 71.8 Å². The molecule has 0 saturated heterocycles. The molecule has 0 spiro atoms. The first-order valence-corrected chi connectivity index (χ1v) is 7.35. The maximum absolute atomic E-state index is 12.7. The van der Waals surface area contributed by atoms with Gasteiger partial charge in [0.15, 0.2) is 0 Å². The van der Waals surface area contributed by atoms with Crippen molar-refractivity contribution in [2.45, 2.75) is 27.3 Å². The molecule has 0 bridgehead atoms. The number of carbonyl (C=O) groups is 2. The fourth-order valence-corrected chi connectivity index (χ4v) is 2.14. The number of rotatable bonds is 3. The van der Waals surface area contributed by atoms with E-state index in [0.717, 1.165) is 5.56 Å². The van der Waals surface area contributed by atoms with E-state index in [9.17, 15) is 9.59 Å². The van der Waals surface area contributed by atoms with E-state index in [1.165, 1.54) is 4.90 Å². The van der Waals surface area contributed by atoms with Crippen LogP contribution in [0.25, 0.3) is 0 Å². The van der Waals surface area contributed by atoms with Gasteiger partial charge in [-0.15, -0.1) is 0 Å². The van der Waals surface area contributed by atoms with E-state index in [1.54, 1.807) is 24.3 Å². The summed E-state index contributed by atoms with van der Waals surface area (Å²) < 4.78 is 0. The van der Waals surface area contributed by atoms with E-state index < -0.39 is 5.41 Å². The van der Waals surface area contributed by atoms with Gasteiger partial charge in [0.05, 0.1) is 6.54 Å². The molecule has 0 unspecified atom stereocenters. The van der Waals surface area contributed by atoms with E-state index in [2.05, 4.69) is 0 Å². The minimum atomic E-state index is -0.612. The highest BCUT2D eigenvalue weighted by atomic mass is 16.2. The molecule has 0 saturated carbocycles. The number of benzene rings is 2. The highest BCUT2D eigenvalue weighted by molar-refractivity contribution is 6.05. The van der Waals surface area contributed by atoms with E-state index in [4.69, 9.17) is 0 Å². The Bertz CT molecular complexity index is 642. The maximum Gasteiger partial charge on any atom is 0.260 e. The van der Waals surface area contributed by atoms with Gasteiger partial charge in [0.1, 0.15) is 0 Å². The van der Waals surface area contributed by atoms with Crippen LogP contribution in [0.4, 0.5) is 0 Å². The summed E-state index contributed by atoms with van der Waals surface area (Å²) in [5.41, 5.74) is 0.847. The SMILES string of the molecule is CC(C)(C)C(=O)N(Cc1ccccc1)C(=O)c1ccccc1. The molecule has 0 fully saturated rings. The molecular formula is C19H21NO2. The van der Waals surface area contributed by atoms with Crippen molar-refractivity contribution in [1.29, 1.82) is 0 Å². The third kappa shape index (κ3) is 3.82. The maximum atomic E-state index is 12.7. The summed E-state index contributed by atoms with van der Waals surface area (Å²) in [6, 6.07) is 18.5. The minimum absolute atomic E-state index is 0.176.